The molecule has 0 spiro atoms. The molecule has 0 radical (unpaired) electrons. The molecule has 2 rings (SSSR count). The van der Waals surface area contributed by atoms with Crippen LogP contribution in [0, 0.1) is 11.3 Å². The fourth-order valence-electron chi connectivity index (χ4n) is 1.01. The van der Waals surface area contributed by atoms with Crippen LogP contribution in [0.3, 0.4) is 0 Å². The van der Waals surface area contributed by atoms with Crippen LogP contribution in [-0.2, 0) is 6.42 Å². The molecule has 70 valence electrons. The Morgan fingerprint density at radius 3 is 3.00 bits per heavy atom. The molecule has 14 heavy (non-hydrogen) atoms. The van der Waals surface area contributed by atoms with Gasteiger partial charge in [-0.2, -0.15) is 5.26 Å². The highest BCUT2D eigenvalue weighted by Crippen LogP contribution is 2.32. The number of rotatable bonds is 2. The van der Waals surface area contributed by atoms with E-state index in [0.29, 0.717) is 6.42 Å². The van der Waals surface area contributed by atoms with Gasteiger partial charge in [-0.1, -0.05) is 11.6 Å². The van der Waals surface area contributed by atoms with Crippen molar-refractivity contribution in [2.75, 3.05) is 0 Å². The number of thiophene rings is 1. The number of aromatic nitrogens is 1. The Bertz CT molecular complexity index is 481. The standard InChI is InChI=1S/C9H5ClN2S2/c10-8-2-1-7(14-8)9-12-6(3-4-11)5-13-9/h1-2,5H,3H2. The lowest BCUT2D eigenvalue weighted by atomic mass is 10.4. The predicted molar refractivity (Wildman–Crippen MR) is 59.8 cm³/mol. The van der Waals surface area contributed by atoms with E-state index in [-0.39, 0.29) is 0 Å². The highest BCUT2D eigenvalue weighted by atomic mass is 35.5. The van der Waals surface area contributed by atoms with Crippen LogP contribution < -0.4 is 0 Å². The molecule has 2 aromatic heterocycles. The van der Waals surface area contributed by atoms with Crippen molar-refractivity contribution in [2.24, 2.45) is 0 Å². The second-order valence-electron chi connectivity index (χ2n) is 2.58. The average Bonchev–Trinajstić information content (AvgIpc) is 2.74. The van der Waals surface area contributed by atoms with Gasteiger partial charge in [0.2, 0.25) is 0 Å². The molecule has 0 atom stereocenters. The smallest absolute Gasteiger partial charge is 0.133 e. The maximum absolute atomic E-state index is 8.50. The zero-order valence-corrected chi connectivity index (χ0v) is 9.42. The monoisotopic (exact) mass is 240 g/mol. The molecule has 0 aromatic carbocycles. The summed E-state index contributed by atoms with van der Waals surface area (Å²) in [5.74, 6) is 0. The molecule has 0 aliphatic heterocycles. The van der Waals surface area contributed by atoms with Crippen molar-refractivity contribution in [1.29, 1.82) is 5.26 Å². The lowest BCUT2D eigenvalue weighted by molar-refractivity contribution is 1.16. The molecule has 2 aromatic rings. The Morgan fingerprint density at radius 2 is 2.36 bits per heavy atom. The van der Waals surface area contributed by atoms with Crippen LogP contribution in [0.25, 0.3) is 9.88 Å². The minimum Gasteiger partial charge on any atom is -0.239 e. The maximum Gasteiger partial charge on any atom is 0.133 e. The van der Waals surface area contributed by atoms with Crippen LogP contribution in [0.4, 0.5) is 0 Å². The summed E-state index contributed by atoms with van der Waals surface area (Å²) in [6.45, 7) is 0. The van der Waals surface area contributed by atoms with Crippen molar-refractivity contribution in [3.63, 3.8) is 0 Å². The summed E-state index contributed by atoms with van der Waals surface area (Å²) in [7, 11) is 0. The van der Waals surface area contributed by atoms with Crippen molar-refractivity contribution in [1.82, 2.24) is 4.98 Å². The SMILES string of the molecule is N#CCc1csc(-c2ccc(Cl)s2)n1. The van der Waals surface area contributed by atoms with E-state index in [1.165, 1.54) is 11.3 Å². The summed E-state index contributed by atoms with van der Waals surface area (Å²) in [4.78, 5) is 5.39. The van der Waals surface area contributed by atoms with Crippen molar-refractivity contribution in [2.45, 2.75) is 6.42 Å². The third-order valence-electron chi connectivity index (χ3n) is 1.60. The van der Waals surface area contributed by atoms with Gasteiger partial charge in [0.05, 0.1) is 27.4 Å². The molecule has 0 amide bonds. The number of nitriles is 1. The zero-order valence-electron chi connectivity index (χ0n) is 7.03. The Hall–Kier alpha value is -0.890. The van der Waals surface area contributed by atoms with Crippen molar-refractivity contribution in [3.05, 3.63) is 27.5 Å². The summed E-state index contributed by atoms with van der Waals surface area (Å²) in [5.41, 5.74) is 0.831. The summed E-state index contributed by atoms with van der Waals surface area (Å²) in [6.07, 6.45) is 0.371. The van der Waals surface area contributed by atoms with Crippen LogP contribution in [-0.4, -0.2) is 4.98 Å². The van der Waals surface area contributed by atoms with E-state index in [4.69, 9.17) is 16.9 Å². The Kier molecular flexibility index (Phi) is 2.82. The van der Waals surface area contributed by atoms with Crippen LogP contribution >= 0.6 is 34.3 Å². The number of nitrogens with zero attached hydrogens (tertiary/aromatic N) is 2. The molecule has 0 bridgehead atoms. The van der Waals surface area contributed by atoms with Gasteiger partial charge in [-0.15, -0.1) is 22.7 Å². The highest BCUT2D eigenvalue weighted by Gasteiger charge is 2.06. The predicted octanol–water partition coefficient (Wildman–Crippen LogP) is 3.59. The number of thiazole rings is 1. The second-order valence-corrected chi connectivity index (χ2v) is 5.16. The zero-order chi connectivity index (χ0) is 9.97. The van der Waals surface area contributed by atoms with E-state index in [1.807, 2.05) is 17.5 Å². The first-order chi connectivity index (χ1) is 6.79. The first kappa shape index (κ1) is 9.66. The molecule has 5 heteroatoms. The fraction of sp³-hybridized carbons (Fsp3) is 0.111. The van der Waals surface area contributed by atoms with Crippen LogP contribution in [0.15, 0.2) is 17.5 Å². The summed E-state index contributed by atoms with van der Waals surface area (Å²) in [6, 6.07) is 5.88. The lowest BCUT2D eigenvalue weighted by Gasteiger charge is -1.86. The van der Waals surface area contributed by atoms with Crippen LogP contribution in [0.2, 0.25) is 4.34 Å². The van der Waals surface area contributed by atoms with Crippen molar-refractivity contribution in [3.8, 4) is 16.0 Å². The molecule has 0 aliphatic carbocycles. The number of halogens is 1. The lowest BCUT2D eigenvalue weighted by Crippen LogP contribution is -1.79. The summed E-state index contributed by atoms with van der Waals surface area (Å²) >= 11 is 8.87. The minimum absolute atomic E-state index is 0.371. The van der Waals surface area contributed by atoms with Crippen LogP contribution in [0.5, 0.6) is 0 Å². The number of hydrogen-bond donors (Lipinski definition) is 0. The first-order valence-electron chi connectivity index (χ1n) is 3.86. The molecule has 0 N–H and O–H groups in total. The van der Waals surface area contributed by atoms with E-state index in [1.54, 1.807) is 11.3 Å². The van der Waals surface area contributed by atoms with E-state index in [9.17, 15) is 0 Å². The topological polar surface area (TPSA) is 36.7 Å². The van der Waals surface area contributed by atoms with Gasteiger partial charge in [0, 0.05) is 5.38 Å². The third-order valence-corrected chi connectivity index (χ3v) is 3.89. The van der Waals surface area contributed by atoms with Gasteiger partial charge in [0.25, 0.3) is 0 Å². The van der Waals surface area contributed by atoms with Gasteiger partial charge in [-0.05, 0) is 12.1 Å². The Labute approximate surface area is 94.4 Å². The summed E-state index contributed by atoms with van der Waals surface area (Å²) < 4.78 is 0.761. The molecule has 0 unspecified atom stereocenters. The van der Waals surface area contributed by atoms with E-state index >= 15 is 0 Å². The molecule has 0 fully saturated rings. The normalized spacial score (nSPS) is 10.0. The van der Waals surface area contributed by atoms with Crippen molar-refractivity contribution < 1.29 is 0 Å². The van der Waals surface area contributed by atoms with Crippen molar-refractivity contribution >= 4 is 34.3 Å². The fourth-order valence-corrected chi connectivity index (χ4v) is 2.95. The molecule has 0 saturated carbocycles. The maximum atomic E-state index is 8.50. The quantitative estimate of drug-likeness (QED) is 0.804. The van der Waals surface area contributed by atoms with Gasteiger partial charge >= 0.3 is 0 Å². The first-order valence-corrected chi connectivity index (χ1v) is 5.94. The molecular formula is C9H5ClN2S2. The van der Waals surface area contributed by atoms with Gasteiger partial charge in [0.15, 0.2) is 0 Å². The molecule has 0 aliphatic rings. The largest absolute Gasteiger partial charge is 0.239 e. The second kappa shape index (κ2) is 4.09. The van der Waals surface area contributed by atoms with Crippen LogP contribution in [0.1, 0.15) is 5.69 Å². The molecule has 2 nitrogen and oxygen atoms in total. The molecular weight excluding hydrogens is 236 g/mol. The minimum atomic E-state index is 0.371. The van der Waals surface area contributed by atoms with E-state index < -0.39 is 0 Å². The van der Waals surface area contributed by atoms with Gasteiger partial charge < -0.3 is 0 Å². The molecule has 2 heterocycles. The average molecular weight is 241 g/mol. The van der Waals surface area contributed by atoms with E-state index in [0.717, 1.165) is 19.9 Å². The molecule has 0 saturated heterocycles. The van der Waals surface area contributed by atoms with E-state index in [2.05, 4.69) is 11.1 Å². The third kappa shape index (κ3) is 1.95. The van der Waals surface area contributed by atoms with Gasteiger partial charge in [-0.3, -0.25) is 0 Å². The van der Waals surface area contributed by atoms with Gasteiger partial charge in [-0.25, -0.2) is 4.98 Å². The summed E-state index contributed by atoms with van der Waals surface area (Å²) in [5, 5.41) is 11.3. The Balaban J connectivity index is 2.30. The number of hydrogen-bond acceptors (Lipinski definition) is 4. The van der Waals surface area contributed by atoms with Gasteiger partial charge in [0.1, 0.15) is 5.01 Å². The highest BCUT2D eigenvalue weighted by molar-refractivity contribution is 7.23. The Morgan fingerprint density at radius 1 is 1.50 bits per heavy atom.